The molecular weight excluding hydrogens is 253 g/mol. The third-order valence-corrected chi connectivity index (χ3v) is 4.29. The van der Waals surface area contributed by atoms with Gasteiger partial charge in [-0.1, -0.05) is 6.92 Å². The van der Waals surface area contributed by atoms with Crippen molar-refractivity contribution in [2.24, 2.45) is 0 Å². The fraction of sp³-hybridized carbons (Fsp3) is 1.00. The minimum atomic E-state index is -2.94. The zero-order valence-corrected chi connectivity index (χ0v) is 8.44. The molecule has 0 bridgehead atoms. The van der Waals surface area contributed by atoms with E-state index in [0.29, 0.717) is 6.54 Å². The van der Waals surface area contributed by atoms with E-state index >= 15 is 0 Å². The maximum atomic E-state index is 10.6. The van der Waals surface area contributed by atoms with Gasteiger partial charge in [0.2, 0.25) is 10.0 Å². The Morgan fingerprint density at radius 2 is 2.00 bits per heavy atom. The van der Waals surface area contributed by atoms with Crippen molar-refractivity contribution in [2.75, 3.05) is 12.8 Å². The van der Waals surface area contributed by atoms with Crippen LogP contribution >= 0.6 is 22.9 Å². The molecule has 0 atom stereocenters. The molecular formula is C4H10INO2S. The van der Waals surface area contributed by atoms with E-state index in [-0.39, 0.29) is 0 Å². The highest BCUT2D eigenvalue weighted by molar-refractivity contribution is 14.1. The van der Waals surface area contributed by atoms with E-state index in [0.717, 1.165) is 6.42 Å². The molecule has 0 aromatic heterocycles. The zero-order valence-electron chi connectivity index (χ0n) is 5.46. The predicted molar refractivity (Wildman–Crippen MR) is 45.9 cm³/mol. The van der Waals surface area contributed by atoms with Crippen LogP contribution in [0.5, 0.6) is 0 Å². The van der Waals surface area contributed by atoms with E-state index in [4.69, 9.17) is 0 Å². The summed E-state index contributed by atoms with van der Waals surface area (Å²) in [6.07, 6.45) is 2.06. The standard InChI is InChI=1S/C4H10INO2S/c1-3-4-6(5)9(2,7)8/h3-4H2,1-2H3. The van der Waals surface area contributed by atoms with Crippen molar-refractivity contribution in [3.63, 3.8) is 0 Å². The van der Waals surface area contributed by atoms with Gasteiger partial charge in [-0.25, -0.2) is 8.42 Å². The SMILES string of the molecule is CCCN(I)S(C)(=O)=O. The molecule has 0 fully saturated rings. The Morgan fingerprint density at radius 1 is 1.56 bits per heavy atom. The first-order valence-electron chi connectivity index (χ1n) is 2.62. The maximum absolute atomic E-state index is 10.6. The summed E-state index contributed by atoms with van der Waals surface area (Å²) in [6, 6.07) is 0. The first-order chi connectivity index (χ1) is 3.98. The van der Waals surface area contributed by atoms with E-state index in [1.165, 1.54) is 8.77 Å². The van der Waals surface area contributed by atoms with Gasteiger partial charge in [0.1, 0.15) is 0 Å². The van der Waals surface area contributed by atoms with Crippen LogP contribution < -0.4 is 0 Å². The van der Waals surface area contributed by atoms with Gasteiger partial charge in [0, 0.05) is 29.4 Å². The summed E-state index contributed by atoms with van der Waals surface area (Å²) >= 11 is 1.79. The molecule has 3 nitrogen and oxygen atoms in total. The molecule has 0 aliphatic rings. The second kappa shape index (κ2) is 3.72. The van der Waals surface area contributed by atoms with E-state index in [9.17, 15) is 8.42 Å². The Morgan fingerprint density at radius 3 is 2.11 bits per heavy atom. The van der Waals surface area contributed by atoms with Crippen LogP contribution in [0, 0.1) is 0 Å². The normalized spacial score (nSPS) is 12.4. The molecule has 0 amide bonds. The Balaban J connectivity index is 3.90. The van der Waals surface area contributed by atoms with Gasteiger partial charge in [0.05, 0.1) is 6.26 Å². The van der Waals surface area contributed by atoms with Gasteiger partial charge in [0.25, 0.3) is 0 Å². The van der Waals surface area contributed by atoms with Crippen molar-refractivity contribution in [3.8, 4) is 0 Å². The number of nitrogens with zero attached hydrogens (tertiary/aromatic N) is 1. The molecule has 56 valence electrons. The molecule has 0 aromatic rings. The minimum Gasteiger partial charge on any atom is -0.212 e. The van der Waals surface area contributed by atoms with Crippen LogP contribution in [0.4, 0.5) is 0 Å². The van der Waals surface area contributed by atoms with Crippen molar-refractivity contribution in [1.29, 1.82) is 0 Å². The highest BCUT2D eigenvalue weighted by Gasteiger charge is 2.09. The second-order valence-corrected chi connectivity index (χ2v) is 5.50. The fourth-order valence-electron chi connectivity index (χ4n) is 0.342. The van der Waals surface area contributed by atoms with Crippen LogP contribution in [-0.2, 0) is 10.0 Å². The van der Waals surface area contributed by atoms with Gasteiger partial charge in [-0.05, 0) is 6.42 Å². The second-order valence-electron chi connectivity index (χ2n) is 1.77. The van der Waals surface area contributed by atoms with Crippen LogP contribution in [-0.4, -0.2) is 23.7 Å². The van der Waals surface area contributed by atoms with E-state index in [2.05, 4.69) is 0 Å². The first-order valence-corrected chi connectivity index (χ1v) is 5.43. The largest absolute Gasteiger partial charge is 0.219 e. The van der Waals surface area contributed by atoms with Gasteiger partial charge in [-0.15, -0.1) is 2.52 Å². The van der Waals surface area contributed by atoms with Gasteiger partial charge in [-0.3, -0.25) is 0 Å². The molecule has 0 aliphatic heterocycles. The molecule has 0 unspecified atom stereocenters. The number of halogens is 1. The van der Waals surface area contributed by atoms with E-state index in [1.54, 1.807) is 22.9 Å². The number of rotatable bonds is 3. The molecule has 0 saturated carbocycles. The van der Waals surface area contributed by atoms with Crippen LogP contribution in [0.1, 0.15) is 13.3 Å². The van der Waals surface area contributed by atoms with Crippen LogP contribution in [0.2, 0.25) is 0 Å². The van der Waals surface area contributed by atoms with Crippen LogP contribution in [0.3, 0.4) is 0 Å². The van der Waals surface area contributed by atoms with Gasteiger partial charge < -0.3 is 0 Å². The Labute approximate surface area is 70.0 Å². The average Bonchev–Trinajstić information content (AvgIpc) is 1.64. The molecule has 0 aromatic carbocycles. The summed E-state index contributed by atoms with van der Waals surface area (Å²) in [5, 5.41) is 0. The molecule has 5 heteroatoms. The summed E-state index contributed by atoms with van der Waals surface area (Å²) in [4.78, 5) is 0. The summed E-state index contributed by atoms with van der Waals surface area (Å²) in [6.45, 7) is 2.54. The van der Waals surface area contributed by atoms with Gasteiger partial charge >= 0.3 is 0 Å². The number of hydrogen-bond donors (Lipinski definition) is 0. The maximum Gasteiger partial charge on any atom is 0.219 e. The molecule has 0 heterocycles. The van der Waals surface area contributed by atoms with Crippen molar-refractivity contribution in [2.45, 2.75) is 13.3 Å². The minimum absolute atomic E-state index is 0.597. The first kappa shape index (κ1) is 9.64. The monoisotopic (exact) mass is 263 g/mol. The lowest BCUT2D eigenvalue weighted by Gasteiger charge is -2.08. The highest BCUT2D eigenvalue weighted by atomic mass is 127. The fourth-order valence-corrected chi connectivity index (χ4v) is 1.34. The summed E-state index contributed by atoms with van der Waals surface area (Å²) in [5.41, 5.74) is 0. The molecule has 0 N–H and O–H groups in total. The topological polar surface area (TPSA) is 37.4 Å². The number of hydrogen-bond acceptors (Lipinski definition) is 2. The van der Waals surface area contributed by atoms with Crippen molar-refractivity contribution < 1.29 is 8.42 Å². The zero-order chi connectivity index (χ0) is 7.49. The Kier molecular flexibility index (Phi) is 3.99. The summed E-state index contributed by atoms with van der Waals surface area (Å²) in [5.74, 6) is 0. The number of sulfonamides is 1. The Bertz CT molecular complexity index is 165. The van der Waals surface area contributed by atoms with Gasteiger partial charge in [-0.2, -0.15) is 0 Å². The third kappa shape index (κ3) is 4.10. The van der Waals surface area contributed by atoms with Crippen molar-refractivity contribution in [1.82, 2.24) is 2.52 Å². The highest BCUT2D eigenvalue weighted by Crippen LogP contribution is 2.05. The van der Waals surface area contributed by atoms with Crippen LogP contribution in [0.15, 0.2) is 0 Å². The molecule has 0 rings (SSSR count). The van der Waals surface area contributed by atoms with Crippen molar-refractivity contribution >= 4 is 32.9 Å². The molecule has 0 radical (unpaired) electrons. The average molecular weight is 263 g/mol. The molecule has 0 spiro atoms. The lowest BCUT2D eigenvalue weighted by atomic mass is 10.5. The smallest absolute Gasteiger partial charge is 0.212 e. The van der Waals surface area contributed by atoms with E-state index < -0.39 is 10.0 Å². The summed E-state index contributed by atoms with van der Waals surface area (Å²) in [7, 11) is -2.94. The van der Waals surface area contributed by atoms with E-state index in [1.807, 2.05) is 6.92 Å². The molecule has 0 aliphatic carbocycles. The quantitative estimate of drug-likeness (QED) is 0.563. The van der Waals surface area contributed by atoms with Crippen LogP contribution in [0.25, 0.3) is 0 Å². The molecule has 0 saturated heterocycles. The lowest BCUT2D eigenvalue weighted by Crippen LogP contribution is -2.19. The summed E-state index contributed by atoms with van der Waals surface area (Å²) < 4.78 is 22.6. The third-order valence-electron chi connectivity index (χ3n) is 0.759. The Hall–Kier alpha value is 0.640. The predicted octanol–water partition coefficient (Wildman–Crippen LogP) is 1.01. The lowest BCUT2D eigenvalue weighted by molar-refractivity contribution is 0.557. The van der Waals surface area contributed by atoms with Gasteiger partial charge in [0.15, 0.2) is 0 Å². The van der Waals surface area contributed by atoms with Crippen molar-refractivity contribution in [3.05, 3.63) is 0 Å². The molecule has 9 heavy (non-hydrogen) atoms.